The van der Waals surface area contributed by atoms with Crippen molar-refractivity contribution in [3.05, 3.63) is 32.3 Å². The average Bonchev–Trinajstić information content (AvgIpc) is 2.10. The molecule has 0 heterocycles. The zero-order valence-electron chi connectivity index (χ0n) is 7.36. The van der Waals surface area contributed by atoms with E-state index in [1.807, 2.05) is 0 Å². The predicted octanol–water partition coefficient (Wildman–Crippen LogP) is 1.94. The first kappa shape index (κ1) is 10.8. The SMILES string of the molecule is COc1cc(Br)c(C[N+](=O)[O-])cc1O. The fourth-order valence-electron chi connectivity index (χ4n) is 1.01. The van der Waals surface area contributed by atoms with Crippen LogP contribution in [0, 0.1) is 10.1 Å². The van der Waals surface area contributed by atoms with Gasteiger partial charge in [-0.25, -0.2) is 0 Å². The highest BCUT2D eigenvalue weighted by molar-refractivity contribution is 9.10. The third-order valence-electron chi connectivity index (χ3n) is 1.65. The fraction of sp³-hybridized carbons (Fsp3) is 0.250. The molecule has 0 saturated heterocycles. The maximum atomic E-state index is 10.3. The van der Waals surface area contributed by atoms with Gasteiger partial charge in [-0.3, -0.25) is 10.1 Å². The lowest BCUT2D eigenvalue weighted by Gasteiger charge is -2.06. The van der Waals surface area contributed by atoms with E-state index in [1.54, 1.807) is 0 Å². The lowest BCUT2D eigenvalue weighted by Crippen LogP contribution is -1.99. The van der Waals surface area contributed by atoms with Crippen LogP contribution >= 0.6 is 15.9 Å². The van der Waals surface area contributed by atoms with Crippen molar-refractivity contribution in [3.8, 4) is 11.5 Å². The van der Waals surface area contributed by atoms with E-state index in [0.29, 0.717) is 10.0 Å². The molecule has 0 bridgehead atoms. The minimum atomic E-state index is -0.466. The van der Waals surface area contributed by atoms with Crippen LogP contribution < -0.4 is 4.74 Å². The Morgan fingerprint density at radius 2 is 2.29 bits per heavy atom. The lowest BCUT2D eigenvalue weighted by molar-refractivity contribution is -0.497. The number of halogens is 1. The molecule has 0 aliphatic rings. The molecule has 14 heavy (non-hydrogen) atoms. The number of hydrogen-bond acceptors (Lipinski definition) is 4. The number of hydrogen-bond donors (Lipinski definition) is 1. The number of methoxy groups -OCH3 is 1. The summed E-state index contributed by atoms with van der Waals surface area (Å²) in [7, 11) is 1.41. The van der Waals surface area contributed by atoms with Crippen molar-refractivity contribution in [1.82, 2.24) is 0 Å². The Morgan fingerprint density at radius 1 is 1.64 bits per heavy atom. The van der Waals surface area contributed by atoms with Gasteiger partial charge in [-0.05, 0) is 12.1 Å². The van der Waals surface area contributed by atoms with Crippen molar-refractivity contribution < 1.29 is 14.8 Å². The highest BCUT2D eigenvalue weighted by atomic mass is 79.9. The number of nitro groups is 1. The van der Waals surface area contributed by atoms with E-state index in [-0.39, 0.29) is 18.0 Å². The first-order valence-corrected chi connectivity index (χ1v) is 4.51. The summed E-state index contributed by atoms with van der Waals surface area (Å²) in [5.41, 5.74) is 0.410. The minimum Gasteiger partial charge on any atom is -0.504 e. The summed E-state index contributed by atoms with van der Waals surface area (Å²) >= 11 is 3.16. The Balaban J connectivity index is 3.08. The number of phenols is 1. The summed E-state index contributed by atoms with van der Waals surface area (Å²) < 4.78 is 5.38. The monoisotopic (exact) mass is 261 g/mol. The molecule has 0 aliphatic carbocycles. The van der Waals surface area contributed by atoms with Crippen molar-refractivity contribution >= 4 is 15.9 Å². The van der Waals surface area contributed by atoms with Gasteiger partial charge in [0, 0.05) is 15.0 Å². The molecule has 1 N–H and O–H groups in total. The third kappa shape index (κ3) is 2.35. The zero-order valence-corrected chi connectivity index (χ0v) is 8.94. The molecule has 5 nitrogen and oxygen atoms in total. The molecule has 0 atom stereocenters. The second kappa shape index (κ2) is 4.28. The molecule has 0 amide bonds. The Bertz CT molecular complexity index is 367. The Labute approximate surface area is 88.6 Å². The molecular weight excluding hydrogens is 254 g/mol. The van der Waals surface area contributed by atoms with Crippen molar-refractivity contribution in [2.24, 2.45) is 0 Å². The summed E-state index contributed by atoms with van der Waals surface area (Å²) in [6.45, 7) is -0.335. The van der Waals surface area contributed by atoms with Crippen LogP contribution in [0.15, 0.2) is 16.6 Å². The average molecular weight is 262 g/mol. The lowest BCUT2D eigenvalue weighted by atomic mass is 10.2. The molecule has 0 spiro atoms. The Kier molecular flexibility index (Phi) is 3.29. The molecule has 0 aromatic heterocycles. The quantitative estimate of drug-likeness (QED) is 0.667. The molecule has 1 rings (SSSR count). The number of rotatable bonds is 3. The Morgan fingerprint density at radius 3 is 2.79 bits per heavy atom. The minimum absolute atomic E-state index is 0.104. The smallest absolute Gasteiger partial charge is 0.230 e. The van der Waals surface area contributed by atoms with E-state index in [2.05, 4.69) is 15.9 Å². The topological polar surface area (TPSA) is 72.6 Å². The first-order chi connectivity index (χ1) is 6.54. The van der Waals surface area contributed by atoms with Crippen molar-refractivity contribution in [3.63, 3.8) is 0 Å². The summed E-state index contributed by atoms with van der Waals surface area (Å²) in [5, 5.41) is 19.6. The van der Waals surface area contributed by atoms with Crippen LogP contribution in [0.5, 0.6) is 11.5 Å². The number of aromatic hydroxyl groups is 1. The van der Waals surface area contributed by atoms with Crippen molar-refractivity contribution in [2.45, 2.75) is 6.54 Å². The van der Waals surface area contributed by atoms with Gasteiger partial charge in [-0.15, -0.1) is 0 Å². The predicted molar refractivity (Wildman–Crippen MR) is 53.1 cm³/mol. The Hall–Kier alpha value is -1.30. The van der Waals surface area contributed by atoms with Crippen LogP contribution in [0.25, 0.3) is 0 Å². The van der Waals surface area contributed by atoms with Gasteiger partial charge in [0.25, 0.3) is 0 Å². The summed E-state index contributed by atoms with van der Waals surface area (Å²) in [4.78, 5) is 9.79. The highest BCUT2D eigenvalue weighted by Crippen LogP contribution is 2.32. The van der Waals surface area contributed by atoms with E-state index in [9.17, 15) is 15.2 Å². The van der Waals surface area contributed by atoms with Crippen LogP contribution in [0.1, 0.15) is 5.56 Å². The summed E-state index contributed by atoms with van der Waals surface area (Å²) in [5.74, 6) is 0.177. The second-order valence-corrected chi connectivity index (χ2v) is 3.46. The molecule has 76 valence electrons. The molecular formula is C8H8BrNO4. The number of ether oxygens (including phenoxy) is 1. The van der Waals surface area contributed by atoms with Crippen LogP contribution in [0.4, 0.5) is 0 Å². The number of benzene rings is 1. The van der Waals surface area contributed by atoms with E-state index in [0.717, 1.165) is 0 Å². The third-order valence-corrected chi connectivity index (χ3v) is 2.39. The molecule has 1 aromatic carbocycles. The molecule has 0 unspecified atom stereocenters. The van der Waals surface area contributed by atoms with E-state index in [4.69, 9.17) is 4.74 Å². The first-order valence-electron chi connectivity index (χ1n) is 3.71. The van der Waals surface area contributed by atoms with Gasteiger partial charge < -0.3 is 9.84 Å². The summed E-state index contributed by atoms with van der Waals surface area (Å²) in [6.07, 6.45) is 0. The van der Waals surface area contributed by atoms with Gasteiger partial charge in [-0.2, -0.15) is 0 Å². The standard InChI is InChI=1S/C8H8BrNO4/c1-14-8-3-6(9)5(2-7(8)11)4-10(12)13/h2-3,11H,4H2,1H3. The highest BCUT2D eigenvalue weighted by Gasteiger charge is 2.11. The molecule has 6 heteroatoms. The van der Waals surface area contributed by atoms with Gasteiger partial charge in [0.05, 0.1) is 7.11 Å². The van der Waals surface area contributed by atoms with Gasteiger partial charge in [0.1, 0.15) is 0 Å². The molecule has 1 aromatic rings. The largest absolute Gasteiger partial charge is 0.504 e. The van der Waals surface area contributed by atoms with Crippen LogP contribution in [0.3, 0.4) is 0 Å². The molecule has 0 fully saturated rings. The van der Waals surface area contributed by atoms with Crippen molar-refractivity contribution in [2.75, 3.05) is 7.11 Å². The van der Waals surface area contributed by atoms with Crippen LogP contribution in [0.2, 0.25) is 0 Å². The van der Waals surface area contributed by atoms with E-state index < -0.39 is 4.92 Å². The van der Waals surface area contributed by atoms with Gasteiger partial charge >= 0.3 is 0 Å². The maximum absolute atomic E-state index is 10.3. The van der Waals surface area contributed by atoms with Crippen molar-refractivity contribution in [1.29, 1.82) is 0 Å². The molecule has 0 saturated carbocycles. The number of nitrogens with zero attached hydrogens (tertiary/aromatic N) is 1. The molecule has 0 aliphatic heterocycles. The maximum Gasteiger partial charge on any atom is 0.230 e. The van der Waals surface area contributed by atoms with Crippen LogP contribution in [-0.4, -0.2) is 17.1 Å². The van der Waals surface area contributed by atoms with Gasteiger partial charge in [0.15, 0.2) is 11.5 Å². The zero-order chi connectivity index (χ0) is 10.7. The summed E-state index contributed by atoms with van der Waals surface area (Å²) in [6, 6.07) is 2.81. The van der Waals surface area contributed by atoms with E-state index in [1.165, 1.54) is 19.2 Å². The van der Waals surface area contributed by atoms with E-state index >= 15 is 0 Å². The van der Waals surface area contributed by atoms with Gasteiger partial charge in [0.2, 0.25) is 6.54 Å². The number of phenolic OH excluding ortho intramolecular Hbond substituents is 1. The fourth-order valence-corrected chi connectivity index (χ4v) is 1.46. The molecule has 0 radical (unpaired) electrons. The second-order valence-electron chi connectivity index (χ2n) is 2.61. The van der Waals surface area contributed by atoms with Crippen LogP contribution in [-0.2, 0) is 6.54 Å². The van der Waals surface area contributed by atoms with Gasteiger partial charge in [-0.1, -0.05) is 15.9 Å². The normalized spacial score (nSPS) is 9.86.